The predicted octanol–water partition coefficient (Wildman–Crippen LogP) is 14.3. The van der Waals surface area contributed by atoms with Gasteiger partial charge in [0.15, 0.2) is 0 Å². The van der Waals surface area contributed by atoms with Gasteiger partial charge in [0, 0.05) is 54.5 Å². The number of aromatic nitrogens is 4. The molecule has 6 nitrogen and oxygen atoms in total. The van der Waals surface area contributed by atoms with Crippen molar-refractivity contribution in [1.82, 2.24) is 19.9 Å². The Kier molecular flexibility index (Phi) is 7.89. The lowest BCUT2D eigenvalue weighted by molar-refractivity contribution is 0.486. The van der Waals surface area contributed by atoms with E-state index in [0.717, 1.165) is 76.8 Å². The lowest BCUT2D eigenvalue weighted by atomic mass is 9.85. The van der Waals surface area contributed by atoms with E-state index >= 15 is 0 Å². The quantitative estimate of drug-likeness (QED) is 0.114. The van der Waals surface area contributed by atoms with E-state index in [2.05, 4.69) is 150 Å². The summed E-state index contributed by atoms with van der Waals surface area (Å²) in [5, 5.41) is 33.7. The van der Waals surface area contributed by atoms with E-state index in [-0.39, 0.29) is 22.3 Å². The van der Waals surface area contributed by atoms with Gasteiger partial charge in [0.25, 0.3) is 0 Å². The zero-order valence-electron chi connectivity index (χ0n) is 35.0. The highest BCUT2D eigenvalue weighted by atomic mass is 16.3. The van der Waals surface area contributed by atoms with E-state index in [1.54, 1.807) is 0 Å². The fourth-order valence-corrected chi connectivity index (χ4v) is 9.03. The Hall–Kier alpha value is -7.31. The van der Waals surface area contributed by atoms with Gasteiger partial charge < -0.3 is 15.2 Å². The number of nitrogens with one attached hydrogen (secondary N) is 1. The van der Waals surface area contributed by atoms with Gasteiger partial charge in [-0.15, -0.1) is 0 Å². The molecule has 0 fully saturated rings. The van der Waals surface area contributed by atoms with Crippen LogP contribution in [-0.4, -0.2) is 30.1 Å². The van der Waals surface area contributed by atoms with Crippen LogP contribution in [0.5, 0.6) is 11.5 Å². The number of pyridine rings is 2. The van der Waals surface area contributed by atoms with Gasteiger partial charge in [0.05, 0.1) is 33.5 Å². The maximum Gasteiger partial charge on any atom is 0.134 e. The van der Waals surface area contributed by atoms with Crippen LogP contribution in [-0.2, 0) is 10.8 Å². The first-order chi connectivity index (χ1) is 29.3. The zero-order valence-corrected chi connectivity index (χ0v) is 35.0. The molecule has 6 heteroatoms. The van der Waals surface area contributed by atoms with E-state index in [9.17, 15) is 10.2 Å². The highest BCUT2D eigenvalue weighted by Gasteiger charge is 2.23. The van der Waals surface area contributed by atoms with Gasteiger partial charge in [-0.2, -0.15) is 0 Å². The second kappa shape index (κ2) is 13.1. The van der Waals surface area contributed by atoms with Crippen LogP contribution in [0.3, 0.4) is 0 Å². The third kappa shape index (κ3) is 5.88. The molecule has 61 heavy (non-hydrogen) atoms. The number of phenols is 2. The van der Waals surface area contributed by atoms with Crippen LogP contribution in [0.1, 0.15) is 64.1 Å². The van der Waals surface area contributed by atoms with Gasteiger partial charge in [-0.25, -0.2) is 15.0 Å². The first-order valence-electron chi connectivity index (χ1n) is 20.9. The van der Waals surface area contributed by atoms with Crippen LogP contribution in [0.2, 0.25) is 0 Å². The minimum atomic E-state index is -0.247. The topological polar surface area (TPSA) is 94.9 Å². The van der Waals surface area contributed by atoms with E-state index < -0.39 is 0 Å². The Morgan fingerprint density at radius 1 is 0.410 bits per heavy atom. The monoisotopic (exact) mass is 792 g/mol. The average molecular weight is 793 g/mol. The minimum Gasteiger partial charge on any atom is -0.507 e. The molecule has 0 unspecified atom stereocenters. The largest absolute Gasteiger partial charge is 0.507 e. The van der Waals surface area contributed by atoms with E-state index in [1.807, 2.05) is 36.4 Å². The molecule has 0 atom stereocenters. The maximum absolute atomic E-state index is 12.4. The third-order valence-electron chi connectivity index (χ3n) is 12.5. The van der Waals surface area contributed by atoms with Gasteiger partial charge in [0.1, 0.15) is 11.5 Å². The molecule has 10 aromatic rings. The molecular formula is C55H44N4O2. The molecule has 0 saturated heterocycles. The van der Waals surface area contributed by atoms with Crippen molar-refractivity contribution in [2.75, 3.05) is 0 Å². The molecule has 0 radical (unpaired) electrons. The number of H-pyrrole nitrogens is 1. The summed E-state index contributed by atoms with van der Waals surface area (Å²) < 4.78 is 0. The number of phenolic OH excluding ortho intramolecular Hbond substituents is 2. The number of nitrogens with zero attached hydrogens (tertiary/aromatic N) is 3. The molecule has 11 rings (SSSR count). The molecule has 6 aromatic carbocycles. The Morgan fingerprint density at radius 3 is 1.46 bits per heavy atom. The van der Waals surface area contributed by atoms with E-state index in [1.165, 1.54) is 0 Å². The highest BCUT2D eigenvalue weighted by molar-refractivity contribution is 6.17. The molecule has 0 spiro atoms. The summed E-state index contributed by atoms with van der Waals surface area (Å²) in [5.41, 5.74) is 9.33. The van der Waals surface area contributed by atoms with Crippen molar-refractivity contribution < 1.29 is 10.2 Å². The summed E-state index contributed by atoms with van der Waals surface area (Å²) in [6.45, 7) is 13.1. The van der Waals surface area contributed by atoms with Crippen LogP contribution in [0.25, 0.3) is 110 Å². The molecule has 1 aliphatic rings. The Labute approximate surface area is 352 Å². The summed E-state index contributed by atoms with van der Waals surface area (Å²) >= 11 is 0. The van der Waals surface area contributed by atoms with Crippen molar-refractivity contribution in [3.63, 3.8) is 0 Å². The molecule has 12 bridgehead atoms. The molecule has 296 valence electrons. The van der Waals surface area contributed by atoms with Gasteiger partial charge >= 0.3 is 0 Å². The first kappa shape index (κ1) is 36.7. The summed E-state index contributed by atoms with van der Waals surface area (Å²) in [6.07, 6.45) is 4.07. The summed E-state index contributed by atoms with van der Waals surface area (Å²) in [7, 11) is 0. The second-order valence-electron chi connectivity index (χ2n) is 18.5. The minimum absolute atomic E-state index is 0.117. The summed E-state index contributed by atoms with van der Waals surface area (Å²) in [6, 6.07) is 43.8. The number of benzene rings is 6. The third-order valence-corrected chi connectivity index (χ3v) is 12.5. The number of aromatic amines is 1. The van der Waals surface area contributed by atoms with Crippen molar-refractivity contribution in [2.45, 2.75) is 52.4 Å². The normalized spacial score (nSPS) is 12.8. The van der Waals surface area contributed by atoms with Crippen LogP contribution in [0.15, 0.2) is 127 Å². The number of aromatic hydroxyl groups is 2. The fourth-order valence-electron chi connectivity index (χ4n) is 9.03. The maximum atomic E-state index is 12.4. The fraction of sp³-hybridized carbons (Fsp3) is 0.145. The van der Waals surface area contributed by atoms with E-state index in [0.29, 0.717) is 43.8 Å². The summed E-state index contributed by atoms with van der Waals surface area (Å²) in [5.74, 6) is 0.257. The van der Waals surface area contributed by atoms with Gasteiger partial charge in [-0.05, 0) is 110 Å². The smallest absolute Gasteiger partial charge is 0.134 e. The van der Waals surface area contributed by atoms with E-state index in [4.69, 9.17) is 15.0 Å². The Balaban J connectivity index is 1.41. The lowest BCUT2D eigenvalue weighted by Gasteiger charge is -2.20. The average Bonchev–Trinajstić information content (AvgIpc) is 3.93. The number of fused-ring (bicyclic) bond motifs is 16. The second-order valence-corrected chi connectivity index (χ2v) is 18.5. The molecule has 0 saturated carbocycles. The van der Waals surface area contributed by atoms with Gasteiger partial charge in [0.2, 0.25) is 0 Å². The molecule has 5 heterocycles. The number of rotatable bonds is 1. The predicted molar refractivity (Wildman–Crippen MR) is 256 cm³/mol. The standard InChI is InChI=1S/C55H44N4O2/c1-54(2,3)34-26-38-42-21-23-46(56-42)49(48-36-13-9-7-11-32(36)25-33-12-8-10-14-37(33)48)47-24-22-43(57-47)39-27-35(55(4,5)6)29-41(53(39)61)45-20-18-31-16-15-30-17-19-44(40(28-34)52(38)60)58-50(30)51(31)59-45/h7-29,56,60-61H,1-6H3. The van der Waals surface area contributed by atoms with Gasteiger partial charge in [-0.3, -0.25) is 0 Å². The van der Waals surface area contributed by atoms with Crippen molar-refractivity contribution in [3.05, 3.63) is 150 Å². The lowest BCUT2D eigenvalue weighted by Crippen LogP contribution is -2.10. The molecule has 0 aliphatic carbocycles. The molecular weight excluding hydrogens is 749 g/mol. The van der Waals surface area contributed by atoms with Crippen molar-refractivity contribution in [1.29, 1.82) is 0 Å². The van der Waals surface area contributed by atoms with Crippen molar-refractivity contribution in [2.24, 2.45) is 0 Å². The number of hydrogen-bond donors (Lipinski definition) is 3. The van der Waals surface area contributed by atoms with Crippen molar-refractivity contribution in [3.8, 4) is 22.6 Å². The molecule has 4 aromatic heterocycles. The first-order valence-corrected chi connectivity index (χ1v) is 20.9. The molecule has 3 N–H and O–H groups in total. The molecule has 0 amide bonds. The SMILES string of the molecule is CC(C)(C)c1cc2c3nc(c(-c4c5ccccc5cc5ccccc45)c4ccc([nH]4)c4cc(C(C)(C)C)cc(c4O)c4ccc5ccc6ccc(nc6c5n4)c(c1)c2O)C=C3. The van der Waals surface area contributed by atoms with Gasteiger partial charge in [-0.1, -0.05) is 114 Å². The zero-order chi connectivity index (χ0) is 41.9. The Bertz CT molecular complexity index is 3640. The highest BCUT2D eigenvalue weighted by Crippen LogP contribution is 2.43. The van der Waals surface area contributed by atoms with Crippen LogP contribution < -0.4 is 0 Å². The summed E-state index contributed by atoms with van der Waals surface area (Å²) in [4.78, 5) is 19.8. The van der Waals surface area contributed by atoms with Crippen LogP contribution in [0, 0.1) is 0 Å². The van der Waals surface area contributed by atoms with Crippen LogP contribution >= 0.6 is 0 Å². The Morgan fingerprint density at radius 2 is 0.885 bits per heavy atom. The molecule has 1 aliphatic heterocycles. The van der Waals surface area contributed by atoms with Crippen LogP contribution in [0.4, 0.5) is 0 Å². The number of hydrogen-bond acceptors (Lipinski definition) is 5. The van der Waals surface area contributed by atoms with Crippen molar-refractivity contribution >= 4 is 99.1 Å².